The molecule has 0 spiro atoms. The first-order valence-electron chi connectivity index (χ1n) is 8.78. The van der Waals surface area contributed by atoms with E-state index in [-0.39, 0.29) is 6.04 Å². The Labute approximate surface area is 153 Å². The highest BCUT2D eigenvalue weighted by molar-refractivity contribution is 7.98. The molecule has 0 saturated carbocycles. The number of rotatable bonds is 4. The number of hydrogen-bond donors (Lipinski definition) is 1. The number of fused-ring (bicyclic) bond motifs is 1. The fourth-order valence-electron chi connectivity index (χ4n) is 3.58. The lowest BCUT2D eigenvalue weighted by Crippen LogP contribution is -2.45. The summed E-state index contributed by atoms with van der Waals surface area (Å²) in [7, 11) is 0. The lowest BCUT2D eigenvalue weighted by Gasteiger charge is -2.35. The number of nitrogens with one attached hydrogen (secondary N) is 1. The molecular formula is C21H23N3S. The Bertz CT molecular complexity index is 841. The first-order valence-corrected chi connectivity index (χ1v) is 10.0. The monoisotopic (exact) mass is 349 g/mol. The minimum absolute atomic E-state index is 0.259. The molecule has 128 valence electrons. The summed E-state index contributed by atoms with van der Waals surface area (Å²) >= 11 is 1.79. The summed E-state index contributed by atoms with van der Waals surface area (Å²) < 4.78 is 0. The molecule has 2 aromatic carbocycles. The fraction of sp³-hybridized carbons (Fsp3) is 0.286. The maximum atomic E-state index is 4.71. The van der Waals surface area contributed by atoms with Crippen LogP contribution in [-0.4, -0.2) is 42.3 Å². The molecule has 0 amide bonds. The van der Waals surface area contributed by atoms with Crippen molar-refractivity contribution < 1.29 is 0 Å². The maximum Gasteiger partial charge on any atom is 0.0702 e. The Morgan fingerprint density at radius 1 is 1.00 bits per heavy atom. The molecule has 1 aliphatic heterocycles. The van der Waals surface area contributed by atoms with E-state index in [0.717, 1.165) is 31.7 Å². The van der Waals surface area contributed by atoms with Gasteiger partial charge < -0.3 is 5.32 Å². The number of piperazine rings is 1. The predicted molar refractivity (Wildman–Crippen MR) is 106 cm³/mol. The summed E-state index contributed by atoms with van der Waals surface area (Å²) in [6, 6.07) is 19.9. The Morgan fingerprint density at radius 2 is 1.76 bits per heavy atom. The second-order valence-corrected chi connectivity index (χ2v) is 7.30. The van der Waals surface area contributed by atoms with Gasteiger partial charge in [0.25, 0.3) is 0 Å². The van der Waals surface area contributed by atoms with Crippen molar-refractivity contribution in [3.63, 3.8) is 0 Å². The highest BCUT2D eigenvalue weighted by Gasteiger charge is 2.24. The van der Waals surface area contributed by atoms with E-state index in [1.807, 2.05) is 6.07 Å². The highest BCUT2D eigenvalue weighted by atomic mass is 32.2. The van der Waals surface area contributed by atoms with Crippen LogP contribution in [0.4, 0.5) is 0 Å². The first-order chi connectivity index (χ1) is 12.3. The molecule has 0 radical (unpaired) electrons. The lowest BCUT2D eigenvalue weighted by atomic mass is 9.96. The van der Waals surface area contributed by atoms with Gasteiger partial charge in [-0.3, -0.25) is 9.88 Å². The van der Waals surface area contributed by atoms with E-state index in [1.165, 1.54) is 21.4 Å². The van der Waals surface area contributed by atoms with E-state index in [4.69, 9.17) is 4.98 Å². The van der Waals surface area contributed by atoms with Gasteiger partial charge in [0.1, 0.15) is 0 Å². The SMILES string of the molecule is CSc1ccc(C(c2cnc3ccccc3c2)N2CCNCC2)cc1. The molecule has 1 unspecified atom stereocenters. The van der Waals surface area contributed by atoms with E-state index in [0.29, 0.717) is 0 Å². The van der Waals surface area contributed by atoms with Gasteiger partial charge in [-0.15, -0.1) is 11.8 Å². The maximum absolute atomic E-state index is 4.71. The van der Waals surface area contributed by atoms with Gasteiger partial charge >= 0.3 is 0 Å². The average Bonchev–Trinajstić information content (AvgIpc) is 2.69. The Morgan fingerprint density at radius 3 is 2.52 bits per heavy atom. The van der Waals surface area contributed by atoms with Crippen molar-refractivity contribution in [1.29, 1.82) is 0 Å². The van der Waals surface area contributed by atoms with Gasteiger partial charge in [-0.25, -0.2) is 0 Å². The van der Waals surface area contributed by atoms with Crippen LogP contribution in [0, 0.1) is 0 Å². The number of aromatic nitrogens is 1. The van der Waals surface area contributed by atoms with Gasteiger partial charge in [0, 0.05) is 42.7 Å². The Balaban J connectivity index is 1.77. The number of benzene rings is 2. The molecule has 1 fully saturated rings. The molecule has 1 saturated heterocycles. The summed E-state index contributed by atoms with van der Waals surface area (Å²) in [4.78, 5) is 8.58. The third kappa shape index (κ3) is 3.56. The quantitative estimate of drug-likeness (QED) is 0.722. The zero-order valence-corrected chi connectivity index (χ0v) is 15.3. The molecule has 0 aliphatic carbocycles. The van der Waals surface area contributed by atoms with Gasteiger partial charge in [0.15, 0.2) is 0 Å². The minimum atomic E-state index is 0.259. The third-order valence-electron chi connectivity index (χ3n) is 4.88. The van der Waals surface area contributed by atoms with Crippen LogP contribution in [0.25, 0.3) is 10.9 Å². The number of nitrogens with zero attached hydrogens (tertiary/aromatic N) is 2. The molecule has 1 N–H and O–H groups in total. The molecule has 0 bridgehead atoms. The van der Waals surface area contributed by atoms with Crippen LogP contribution in [0.1, 0.15) is 17.2 Å². The van der Waals surface area contributed by atoms with Gasteiger partial charge in [-0.2, -0.15) is 0 Å². The number of thioether (sulfide) groups is 1. The van der Waals surface area contributed by atoms with Crippen molar-refractivity contribution in [3.8, 4) is 0 Å². The van der Waals surface area contributed by atoms with Crippen molar-refractivity contribution in [3.05, 3.63) is 71.9 Å². The Hall–Kier alpha value is -1.88. The molecule has 1 aromatic heterocycles. The van der Waals surface area contributed by atoms with E-state index in [1.54, 1.807) is 11.8 Å². The average molecular weight is 350 g/mol. The summed E-state index contributed by atoms with van der Waals surface area (Å²) in [5.74, 6) is 0. The predicted octanol–water partition coefficient (Wildman–Crippen LogP) is 3.95. The number of hydrogen-bond acceptors (Lipinski definition) is 4. The fourth-order valence-corrected chi connectivity index (χ4v) is 3.99. The minimum Gasteiger partial charge on any atom is -0.314 e. The third-order valence-corrected chi connectivity index (χ3v) is 5.62. The van der Waals surface area contributed by atoms with Gasteiger partial charge in [-0.05, 0) is 41.6 Å². The van der Waals surface area contributed by atoms with Crippen LogP contribution in [0.15, 0.2) is 65.7 Å². The topological polar surface area (TPSA) is 28.2 Å². The highest BCUT2D eigenvalue weighted by Crippen LogP contribution is 2.31. The molecule has 25 heavy (non-hydrogen) atoms. The van der Waals surface area contributed by atoms with Crippen molar-refractivity contribution in [2.75, 3.05) is 32.4 Å². The summed E-state index contributed by atoms with van der Waals surface area (Å²) in [6.45, 7) is 4.20. The number of pyridine rings is 1. The van der Waals surface area contributed by atoms with Gasteiger partial charge in [0.05, 0.1) is 11.6 Å². The standard InChI is InChI=1S/C21H23N3S/c1-25-19-8-6-16(7-9-19)21(24-12-10-22-11-13-24)18-14-17-4-2-3-5-20(17)23-15-18/h2-9,14-15,21-22H,10-13H2,1H3. The van der Waals surface area contributed by atoms with Crippen LogP contribution >= 0.6 is 11.8 Å². The molecule has 3 aromatic rings. The summed E-state index contributed by atoms with van der Waals surface area (Å²) in [6.07, 6.45) is 4.17. The molecule has 1 aliphatic rings. The van der Waals surface area contributed by atoms with Crippen molar-refractivity contribution in [2.24, 2.45) is 0 Å². The van der Waals surface area contributed by atoms with E-state index in [9.17, 15) is 0 Å². The van der Waals surface area contributed by atoms with E-state index >= 15 is 0 Å². The molecule has 4 rings (SSSR count). The lowest BCUT2D eigenvalue weighted by molar-refractivity contribution is 0.198. The van der Waals surface area contributed by atoms with Crippen LogP contribution in [0.3, 0.4) is 0 Å². The van der Waals surface area contributed by atoms with Crippen LogP contribution in [0.5, 0.6) is 0 Å². The molecule has 1 atom stereocenters. The largest absolute Gasteiger partial charge is 0.314 e. The van der Waals surface area contributed by atoms with Crippen LogP contribution in [0.2, 0.25) is 0 Å². The zero-order chi connectivity index (χ0) is 17.1. The van der Waals surface area contributed by atoms with Gasteiger partial charge in [0.2, 0.25) is 0 Å². The van der Waals surface area contributed by atoms with Crippen molar-refractivity contribution in [2.45, 2.75) is 10.9 Å². The first kappa shape index (κ1) is 16.6. The molecule has 4 heteroatoms. The normalized spacial score (nSPS) is 16.8. The summed E-state index contributed by atoms with van der Waals surface area (Å²) in [5.41, 5.74) is 3.68. The van der Waals surface area contributed by atoms with Crippen LogP contribution in [-0.2, 0) is 0 Å². The van der Waals surface area contributed by atoms with Crippen LogP contribution < -0.4 is 5.32 Å². The molecule has 2 heterocycles. The molecule has 3 nitrogen and oxygen atoms in total. The second-order valence-electron chi connectivity index (χ2n) is 6.42. The molecular weight excluding hydrogens is 326 g/mol. The zero-order valence-electron chi connectivity index (χ0n) is 14.5. The number of para-hydroxylation sites is 1. The van der Waals surface area contributed by atoms with Crippen molar-refractivity contribution >= 4 is 22.7 Å². The Kier molecular flexibility index (Phi) is 5.02. The smallest absolute Gasteiger partial charge is 0.0702 e. The van der Waals surface area contributed by atoms with Crippen molar-refractivity contribution in [1.82, 2.24) is 15.2 Å². The second kappa shape index (κ2) is 7.56. The van der Waals surface area contributed by atoms with E-state index < -0.39 is 0 Å². The summed E-state index contributed by atoms with van der Waals surface area (Å²) in [5, 5.41) is 4.67. The van der Waals surface area contributed by atoms with Gasteiger partial charge in [-0.1, -0.05) is 30.3 Å². The van der Waals surface area contributed by atoms with E-state index in [2.05, 4.69) is 71.2 Å².